The zero-order chi connectivity index (χ0) is 18.4. The lowest BCUT2D eigenvalue weighted by atomic mass is 9.85. The molecular formula is C21H31N3O2. The Morgan fingerprint density at radius 3 is 2.62 bits per heavy atom. The molecule has 1 aliphatic heterocycles. The molecule has 0 spiro atoms. The van der Waals surface area contributed by atoms with Gasteiger partial charge in [-0.15, -0.1) is 0 Å². The molecule has 1 heterocycles. The third-order valence-electron chi connectivity index (χ3n) is 5.81. The average molecular weight is 357 g/mol. The number of carbonyl (C=O) groups excluding carboxylic acids is 2. The number of likely N-dealkylation sites (tertiary alicyclic amines) is 1. The van der Waals surface area contributed by atoms with Gasteiger partial charge in [0, 0.05) is 25.7 Å². The van der Waals surface area contributed by atoms with Crippen molar-refractivity contribution < 1.29 is 9.59 Å². The number of urea groups is 1. The monoisotopic (exact) mass is 357 g/mol. The highest BCUT2D eigenvalue weighted by atomic mass is 16.2. The second-order valence-corrected chi connectivity index (χ2v) is 7.81. The van der Waals surface area contributed by atoms with Gasteiger partial charge in [-0.1, -0.05) is 50.1 Å². The summed E-state index contributed by atoms with van der Waals surface area (Å²) in [7, 11) is 0. The fraction of sp³-hybridized carbons (Fsp3) is 0.619. The Morgan fingerprint density at radius 1 is 1.08 bits per heavy atom. The zero-order valence-electron chi connectivity index (χ0n) is 15.7. The summed E-state index contributed by atoms with van der Waals surface area (Å²) in [4.78, 5) is 26.9. The van der Waals surface area contributed by atoms with Gasteiger partial charge in [0.05, 0.1) is 5.92 Å². The number of piperidine rings is 1. The van der Waals surface area contributed by atoms with Crippen molar-refractivity contribution in [3.8, 4) is 0 Å². The van der Waals surface area contributed by atoms with Crippen LogP contribution in [0.5, 0.6) is 0 Å². The van der Waals surface area contributed by atoms with Crippen LogP contribution >= 0.6 is 0 Å². The first-order chi connectivity index (χ1) is 12.6. The molecule has 142 valence electrons. The number of nitrogens with one attached hydrogen (secondary N) is 2. The Morgan fingerprint density at radius 2 is 1.85 bits per heavy atom. The molecule has 1 aliphatic carbocycles. The molecule has 2 N–H and O–H groups in total. The molecule has 1 aromatic carbocycles. The SMILES string of the molecule is C[C@H]1CCCC[C@@H]1NC(=O)[C@@H]1CCCN(C(=O)NCc2ccccc2)C1. The van der Waals surface area contributed by atoms with E-state index in [9.17, 15) is 9.59 Å². The molecule has 2 aliphatic rings. The van der Waals surface area contributed by atoms with Crippen molar-refractivity contribution in [1.82, 2.24) is 15.5 Å². The van der Waals surface area contributed by atoms with Crippen LogP contribution in [-0.4, -0.2) is 36.0 Å². The fourth-order valence-corrected chi connectivity index (χ4v) is 4.09. The van der Waals surface area contributed by atoms with Gasteiger partial charge in [0.25, 0.3) is 0 Å². The van der Waals surface area contributed by atoms with E-state index in [1.807, 2.05) is 30.3 Å². The van der Waals surface area contributed by atoms with Crippen molar-refractivity contribution in [3.05, 3.63) is 35.9 Å². The van der Waals surface area contributed by atoms with E-state index in [4.69, 9.17) is 0 Å². The highest BCUT2D eigenvalue weighted by Gasteiger charge is 2.31. The quantitative estimate of drug-likeness (QED) is 0.868. The highest BCUT2D eigenvalue weighted by molar-refractivity contribution is 5.81. The molecule has 2 fully saturated rings. The van der Waals surface area contributed by atoms with E-state index in [-0.39, 0.29) is 17.9 Å². The maximum Gasteiger partial charge on any atom is 0.317 e. The first-order valence-corrected chi connectivity index (χ1v) is 10.0. The molecule has 0 radical (unpaired) electrons. The van der Waals surface area contributed by atoms with E-state index < -0.39 is 0 Å². The number of hydrogen-bond donors (Lipinski definition) is 2. The Balaban J connectivity index is 1.48. The Hall–Kier alpha value is -2.04. The summed E-state index contributed by atoms with van der Waals surface area (Å²) >= 11 is 0. The van der Waals surface area contributed by atoms with Gasteiger partial charge in [0.2, 0.25) is 5.91 Å². The van der Waals surface area contributed by atoms with E-state index in [0.29, 0.717) is 25.0 Å². The van der Waals surface area contributed by atoms with Crippen LogP contribution < -0.4 is 10.6 Å². The molecule has 3 atom stereocenters. The molecular weight excluding hydrogens is 326 g/mol. The lowest BCUT2D eigenvalue weighted by molar-refractivity contribution is -0.127. The molecule has 26 heavy (non-hydrogen) atoms. The standard InChI is InChI=1S/C21H31N3O2/c1-16-8-5-6-12-19(16)23-20(25)18-11-7-13-24(15-18)21(26)22-14-17-9-3-2-4-10-17/h2-4,9-10,16,18-19H,5-8,11-15H2,1H3,(H,22,26)(H,23,25)/t16-,18+,19-/m0/s1. The molecule has 3 amide bonds. The second kappa shape index (κ2) is 9.06. The number of amides is 3. The smallest absolute Gasteiger partial charge is 0.317 e. The van der Waals surface area contributed by atoms with Crippen molar-refractivity contribution >= 4 is 11.9 Å². The maximum absolute atomic E-state index is 12.7. The van der Waals surface area contributed by atoms with Crippen molar-refractivity contribution in [2.24, 2.45) is 11.8 Å². The summed E-state index contributed by atoms with van der Waals surface area (Å²) in [5.41, 5.74) is 1.08. The normalized spacial score (nSPS) is 26.2. The summed E-state index contributed by atoms with van der Waals surface area (Å²) < 4.78 is 0. The van der Waals surface area contributed by atoms with Gasteiger partial charge < -0.3 is 15.5 Å². The van der Waals surface area contributed by atoms with Gasteiger partial charge in [-0.2, -0.15) is 0 Å². The van der Waals surface area contributed by atoms with Crippen LogP contribution in [0.1, 0.15) is 51.0 Å². The number of rotatable bonds is 4. The van der Waals surface area contributed by atoms with Crippen LogP contribution in [0.15, 0.2) is 30.3 Å². The van der Waals surface area contributed by atoms with Gasteiger partial charge in [-0.25, -0.2) is 4.79 Å². The van der Waals surface area contributed by atoms with Crippen LogP contribution in [0.25, 0.3) is 0 Å². The summed E-state index contributed by atoms with van der Waals surface area (Å²) in [5.74, 6) is 0.603. The lowest BCUT2D eigenvalue weighted by Gasteiger charge is -2.35. The van der Waals surface area contributed by atoms with Crippen LogP contribution in [0, 0.1) is 11.8 Å². The van der Waals surface area contributed by atoms with E-state index in [1.165, 1.54) is 19.3 Å². The molecule has 0 aromatic heterocycles. The maximum atomic E-state index is 12.7. The van der Waals surface area contributed by atoms with E-state index in [2.05, 4.69) is 17.6 Å². The molecule has 1 saturated heterocycles. The largest absolute Gasteiger partial charge is 0.353 e. The van der Waals surface area contributed by atoms with Crippen LogP contribution in [0.4, 0.5) is 4.79 Å². The number of benzene rings is 1. The van der Waals surface area contributed by atoms with Gasteiger partial charge in [-0.05, 0) is 37.2 Å². The van der Waals surface area contributed by atoms with E-state index >= 15 is 0 Å². The molecule has 3 rings (SSSR count). The Bertz CT molecular complexity index is 605. The minimum atomic E-state index is -0.0830. The van der Waals surface area contributed by atoms with E-state index in [0.717, 1.165) is 31.4 Å². The average Bonchev–Trinajstić information content (AvgIpc) is 2.69. The van der Waals surface area contributed by atoms with Crippen molar-refractivity contribution in [1.29, 1.82) is 0 Å². The number of nitrogens with zero attached hydrogens (tertiary/aromatic N) is 1. The Kier molecular flexibility index (Phi) is 6.53. The van der Waals surface area contributed by atoms with Crippen LogP contribution in [0.3, 0.4) is 0 Å². The topological polar surface area (TPSA) is 61.4 Å². The summed E-state index contributed by atoms with van der Waals surface area (Å²) in [6, 6.07) is 10.1. The predicted octanol–water partition coefficient (Wildman–Crippen LogP) is 3.30. The molecule has 0 bridgehead atoms. The molecule has 5 nitrogen and oxygen atoms in total. The first-order valence-electron chi connectivity index (χ1n) is 10.0. The Labute approximate surface area is 156 Å². The molecule has 0 unspecified atom stereocenters. The van der Waals surface area contributed by atoms with Gasteiger partial charge in [0.1, 0.15) is 0 Å². The molecule has 1 saturated carbocycles. The molecule has 5 heteroatoms. The predicted molar refractivity (Wildman–Crippen MR) is 103 cm³/mol. The van der Waals surface area contributed by atoms with Crippen molar-refractivity contribution in [2.75, 3.05) is 13.1 Å². The molecule has 1 aromatic rings. The van der Waals surface area contributed by atoms with Gasteiger partial charge in [0.15, 0.2) is 0 Å². The summed E-state index contributed by atoms with van der Waals surface area (Å²) in [6.45, 7) is 4.00. The van der Waals surface area contributed by atoms with Gasteiger partial charge in [-0.3, -0.25) is 4.79 Å². The third-order valence-corrected chi connectivity index (χ3v) is 5.81. The summed E-state index contributed by atoms with van der Waals surface area (Å²) in [6.07, 6.45) is 6.51. The fourth-order valence-electron chi connectivity index (χ4n) is 4.09. The zero-order valence-corrected chi connectivity index (χ0v) is 15.7. The van der Waals surface area contributed by atoms with Crippen LogP contribution in [0.2, 0.25) is 0 Å². The first kappa shape index (κ1) is 18.7. The van der Waals surface area contributed by atoms with E-state index in [1.54, 1.807) is 4.90 Å². The number of carbonyl (C=O) groups is 2. The minimum absolute atomic E-state index is 0.0719. The van der Waals surface area contributed by atoms with Crippen molar-refractivity contribution in [2.45, 2.75) is 58.0 Å². The number of hydrogen-bond acceptors (Lipinski definition) is 2. The van der Waals surface area contributed by atoms with Crippen molar-refractivity contribution in [3.63, 3.8) is 0 Å². The van der Waals surface area contributed by atoms with Gasteiger partial charge >= 0.3 is 6.03 Å². The highest BCUT2D eigenvalue weighted by Crippen LogP contribution is 2.25. The van der Waals surface area contributed by atoms with Crippen LogP contribution in [-0.2, 0) is 11.3 Å². The third kappa shape index (κ3) is 4.99. The minimum Gasteiger partial charge on any atom is -0.353 e. The second-order valence-electron chi connectivity index (χ2n) is 7.81. The summed E-state index contributed by atoms with van der Waals surface area (Å²) in [5, 5.41) is 6.23. The lowest BCUT2D eigenvalue weighted by Crippen LogP contribution is -2.51.